The van der Waals surface area contributed by atoms with Crippen molar-refractivity contribution < 1.29 is 4.74 Å². The van der Waals surface area contributed by atoms with Crippen molar-refractivity contribution in [1.29, 1.82) is 0 Å². The summed E-state index contributed by atoms with van der Waals surface area (Å²) >= 11 is 1.72. The topological polar surface area (TPSA) is 37.4 Å². The number of morpholine rings is 1. The third-order valence-electron chi connectivity index (χ3n) is 2.98. The highest BCUT2D eigenvalue weighted by Gasteiger charge is 2.18. The Morgan fingerprint density at radius 1 is 1.65 bits per heavy atom. The van der Waals surface area contributed by atoms with E-state index in [1.54, 1.807) is 11.3 Å². The minimum Gasteiger partial charge on any atom is -0.374 e. The molecular weight excluding hydrogens is 234 g/mol. The van der Waals surface area contributed by atoms with Crippen LogP contribution >= 0.6 is 11.3 Å². The van der Waals surface area contributed by atoms with Crippen LogP contribution in [0.25, 0.3) is 0 Å². The largest absolute Gasteiger partial charge is 0.374 e. The summed E-state index contributed by atoms with van der Waals surface area (Å²) in [5.41, 5.74) is 1.11. The molecule has 1 unspecified atom stereocenters. The van der Waals surface area contributed by atoms with Crippen molar-refractivity contribution >= 4 is 11.3 Å². The highest BCUT2D eigenvalue weighted by atomic mass is 32.1. The van der Waals surface area contributed by atoms with Gasteiger partial charge in [-0.15, -0.1) is 11.3 Å². The quantitative estimate of drug-likeness (QED) is 0.859. The molecule has 1 aliphatic rings. The molecule has 1 atom stereocenters. The molecule has 17 heavy (non-hydrogen) atoms. The molecule has 1 aromatic rings. The van der Waals surface area contributed by atoms with Crippen LogP contribution in [-0.2, 0) is 11.3 Å². The molecule has 2 rings (SSSR count). The van der Waals surface area contributed by atoms with Gasteiger partial charge in [-0.05, 0) is 13.5 Å². The molecular formula is C12H21N3OS. The minimum absolute atomic E-state index is 0.324. The summed E-state index contributed by atoms with van der Waals surface area (Å²) in [4.78, 5) is 6.86. The maximum absolute atomic E-state index is 5.73. The zero-order chi connectivity index (χ0) is 12.1. The van der Waals surface area contributed by atoms with Crippen molar-refractivity contribution in [2.24, 2.45) is 0 Å². The van der Waals surface area contributed by atoms with Gasteiger partial charge >= 0.3 is 0 Å². The second-order valence-electron chi connectivity index (χ2n) is 4.40. The van der Waals surface area contributed by atoms with Gasteiger partial charge in [0.05, 0.1) is 12.7 Å². The van der Waals surface area contributed by atoms with Crippen molar-refractivity contribution in [2.45, 2.75) is 26.5 Å². The van der Waals surface area contributed by atoms with E-state index in [-0.39, 0.29) is 0 Å². The Morgan fingerprint density at radius 3 is 3.24 bits per heavy atom. The van der Waals surface area contributed by atoms with E-state index in [4.69, 9.17) is 4.74 Å². The number of hydrogen-bond acceptors (Lipinski definition) is 5. The smallest absolute Gasteiger partial charge is 0.107 e. The van der Waals surface area contributed by atoms with Crippen molar-refractivity contribution in [3.8, 4) is 0 Å². The van der Waals surface area contributed by atoms with Crippen LogP contribution in [0.4, 0.5) is 0 Å². The van der Waals surface area contributed by atoms with Gasteiger partial charge in [0.1, 0.15) is 5.01 Å². The lowest BCUT2D eigenvalue weighted by Crippen LogP contribution is -2.46. The molecule has 0 aliphatic carbocycles. The van der Waals surface area contributed by atoms with Crippen LogP contribution in [0.3, 0.4) is 0 Å². The molecule has 0 amide bonds. The molecule has 96 valence electrons. The van der Waals surface area contributed by atoms with Crippen LogP contribution in [0.15, 0.2) is 5.38 Å². The van der Waals surface area contributed by atoms with E-state index < -0.39 is 0 Å². The molecule has 0 radical (unpaired) electrons. The number of aromatic nitrogens is 1. The van der Waals surface area contributed by atoms with Gasteiger partial charge in [-0.25, -0.2) is 4.98 Å². The normalized spacial score (nSPS) is 21.9. The Morgan fingerprint density at radius 2 is 2.53 bits per heavy atom. The number of nitrogens with one attached hydrogen (secondary N) is 1. The first-order valence-electron chi connectivity index (χ1n) is 6.23. The monoisotopic (exact) mass is 255 g/mol. The van der Waals surface area contributed by atoms with Gasteiger partial charge < -0.3 is 10.1 Å². The zero-order valence-electron chi connectivity index (χ0n) is 10.6. The lowest BCUT2D eigenvalue weighted by atomic mass is 10.2. The molecule has 1 aromatic heterocycles. The number of thiazole rings is 1. The maximum atomic E-state index is 5.73. The van der Waals surface area contributed by atoms with Crippen LogP contribution < -0.4 is 5.32 Å². The van der Waals surface area contributed by atoms with Crippen LogP contribution in [0, 0.1) is 6.92 Å². The number of nitrogens with zero attached hydrogens (tertiary/aromatic N) is 2. The average molecular weight is 255 g/mol. The molecule has 0 spiro atoms. The predicted octanol–water partition coefficient (Wildman–Crippen LogP) is 1.26. The zero-order valence-corrected chi connectivity index (χ0v) is 11.4. The van der Waals surface area contributed by atoms with Crippen molar-refractivity contribution in [3.05, 3.63) is 16.1 Å². The Balaban J connectivity index is 1.68. The van der Waals surface area contributed by atoms with Gasteiger partial charge in [0, 0.05) is 37.3 Å². The van der Waals surface area contributed by atoms with Crippen molar-refractivity contribution in [1.82, 2.24) is 15.2 Å². The summed E-state index contributed by atoms with van der Waals surface area (Å²) in [6.07, 6.45) is 0.324. The van der Waals surface area contributed by atoms with Gasteiger partial charge in [-0.2, -0.15) is 0 Å². The van der Waals surface area contributed by atoms with Gasteiger partial charge in [-0.3, -0.25) is 4.90 Å². The van der Waals surface area contributed by atoms with E-state index >= 15 is 0 Å². The highest BCUT2D eigenvalue weighted by molar-refractivity contribution is 7.09. The van der Waals surface area contributed by atoms with Crippen LogP contribution in [0.2, 0.25) is 0 Å². The van der Waals surface area contributed by atoms with Gasteiger partial charge in [-0.1, -0.05) is 6.92 Å². The van der Waals surface area contributed by atoms with Gasteiger partial charge in [0.15, 0.2) is 0 Å². The number of rotatable bonds is 5. The van der Waals surface area contributed by atoms with Gasteiger partial charge in [0.25, 0.3) is 0 Å². The molecule has 1 aliphatic heterocycles. The molecule has 0 aromatic carbocycles. The van der Waals surface area contributed by atoms with E-state index in [1.807, 2.05) is 6.92 Å². The summed E-state index contributed by atoms with van der Waals surface area (Å²) in [6.45, 7) is 10.1. The lowest BCUT2D eigenvalue weighted by molar-refractivity contribution is -0.0253. The number of likely N-dealkylation sites (N-methyl/N-ethyl adjacent to an activating group) is 1. The Bertz CT molecular complexity index is 342. The van der Waals surface area contributed by atoms with Crippen molar-refractivity contribution in [3.63, 3.8) is 0 Å². The average Bonchev–Trinajstić information content (AvgIpc) is 2.75. The molecule has 1 N–H and O–H groups in total. The van der Waals surface area contributed by atoms with Crippen LogP contribution in [-0.4, -0.2) is 48.8 Å². The summed E-state index contributed by atoms with van der Waals surface area (Å²) in [6, 6.07) is 0. The molecule has 4 nitrogen and oxygen atoms in total. The summed E-state index contributed by atoms with van der Waals surface area (Å²) in [7, 11) is 0. The number of hydrogen-bond donors (Lipinski definition) is 1. The fourth-order valence-corrected chi connectivity index (χ4v) is 2.76. The molecule has 0 saturated carbocycles. The van der Waals surface area contributed by atoms with E-state index in [1.165, 1.54) is 0 Å². The molecule has 1 fully saturated rings. The second kappa shape index (κ2) is 6.44. The summed E-state index contributed by atoms with van der Waals surface area (Å²) < 4.78 is 5.73. The van der Waals surface area contributed by atoms with E-state index in [0.717, 1.165) is 50.0 Å². The second-order valence-corrected chi connectivity index (χ2v) is 5.34. The van der Waals surface area contributed by atoms with Crippen LogP contribution in [0.1, 0.15) is 17.6 Å². The van der Waals surface area contributed by atoms with E-state index in [9.17, 15) is 0 Å². The molecule has 1 saturated heterocycles. The SMILES string of the molecule is CCN1CCOC(CNCc2nc(C)cs2)C1. The fraction of sp³-hybridized carbons (Fsp3) is 0.750. The Labute approximate surface area is 107 Å². The maximum Gasteiger partial charge on any atom is 0.107 e. The van der Waals surface area contributed by atoms with Crippen LogP contribution in [0.5, 0.6) is 0 Å². The molecule has 5 heteroatoms. The first kappa shape index (κ1) is 13.0. The van der Waals surface area contributed by atoms with Crippen molar-refractivity contribution in [2.75, 3.05) is 32.8 Å². The lowest BCUT2D eigenvalue weighted by Gasteiger charge is -2.32. The number of aryl methyl sites for hydroxylation is 1. The standard InChI is InChI=1S/C12H21N3OS/c1-3-15-4-5-16-11(8-15)6-13-7-12-14-10(2)9-17-12/h9,11,13H,3-8H2,1-2H3. The highest BCUT2D eigenvalue weighted by Crippen LogP contribution is 2.08. The molecule has 0 bridgehead atoms. The molecule has 2 heterocycles. The Hall–Kier alpha value is -0.490. The number of ether oxygens (including phenoxy) is 1. The predicted molar refractivity (Wildman–Crippen MR) is 70.4 cm³/mol. The first-order chi connectivity index (χ1) is 8.28. The first-order valence-corrected chi connectivity index (χ1v) is 7.11. The fourth-order valence-electron chi connectivity index (χ4n) is 2.02. The van der Waals surface area contributed by atoms with E-state index in [2.05, 4.69) is 27.5 Å². The summed E-state index contributed by atoms with van der Waals surface area (Å²) in [5.74, 6) is 0. The van der Waals surface area contributed by atoms with E-state index in [0.29, 0.717) is 6.10 Å². The third-order valence-corrected chi connectivity index (χ3v) is 3.95. The summed E-state index contributed by atoms with van der Waals surface area (Å²) in [5, 5.41) is 6.67. The Kier molecular flexibility index (Phi) is 4.91. The third kappa shape index (κ3) is 4.03. The van der Waals surface area contributed by atoms with Gasteiger partial charge in [0.2, 0.25) is 0 Å². The minimum atomic E-state index is 0.324.